The van der Waals surface area contributed by atoms with Gasteiger partial charge in [-0.15, -0.1) is 5.92 Å². The maximum atomic E-state index is 13.3. The molecule has 2 N–H and O–H groups in total. The molecule has 6 heteroatoms. The highest BCUT2D eigenvalue weighted by atomic mass is 16.2. The normalized spacial score (nSPS) is 16.0. The zero-order chi connectivity index (χ0) is 25.2. The highest BCUT2D eigenvalue weighted by molar-refractivity contribution is 5.93. The Kier molecular flexibility index (Phi) is 9.72. The van der Waals surface area contributed by atoms with E-state index >= 15 is 0 Å². The minimum atomic E-state index is -0.752. The van der Waals surface area contributed by atoms with E-state index in [1.165, 1.54) is 0 Å². The van der Waals surface area contributed by atoms with Crippen LogP contribution in [-0.2, 0) is 20.8 Å². The molecule has 0 aliphatic carbocycles. The van der Waals surface area contributed by atoms with Crippen LogP contribution in [0, 0.1) is 17.8 Å². The fourth-order valence-corrected chi connectivity index (χ4v) is 4.70. The number of fused-ring (bicyclic) bond motifs is 1. The monoisotopic (exact) mass is 475 g/mol. The lowest BCUT2D eigenvalue weighted by atomic mass is 10.00. The molecule has 2 aromatic carbocycles. The Morgan fingerprint density at radius 2 is 1.77 bits per heavy atom. The average Bonchev–Trinajstić information content (AvgIpc) is 3.37. The minimum Gasteiger partial charge on any atom is -0.343 e. The predicted octanol–water partition coefficient (Wildman–Crippen LogP) is 3.82. The molecule has 3 amide bonds. The Hall–Kier alpha value is -3.33. The first kappa shape index (κ1) is 26.3. The summed E-state index contributed by atoms with van der Waals surface area (Å²) < 4.78 is 0. The maximum Gasteiger partial charge on any atom is 0.243 e. The summed E-state index contributed by atoms with van der Waals surface area (Å²) in [5.74, 6) is 5.29. The molecule has 2 aromatic rings. The number of carbonyl (C=O) groups is 3. The van der Waals surface area contributed by atoms with E-state index in [2.05, 4.69) is 28.5 Å². The van der Waals surface area contributed by atoms with Crippen molar-refractivity contribution in [2.75, 3.05) is 13.1 Å². The zero-order valence-electron chi connectivity index (χ0n) is 21.1. The molecular weight excluding hydrogens is 438 g/mol. The summed E-state index contributed by atoms with van der Waals surface area (Å²) in [5, 5.41) is 8.00. The van der Waals surface area contributed by atoms with Crippen molar-refractivity contribution in [3.63, 3.8) is 0 Å². The summed E-state index contributed by atoms with van der Waals surface area (Å²) in [4.78, 5) is 41.1. The van der Waals surface area contributed by atoms with Crippen LogP contribution in [0.3, 0.4) is 0 Å². The first-order valence-electron chi connectivity index (χ1n) is 12.8. The van der Waals surface area contributed by atoms with E-state index in [1.807, 2.05) is 57.2 Å². The molecule has 0 bridgehead atoms. The molecule has 1 heterocycles. The van der Waals surface area contributed by atoms with Crippen LogP contribution in [0.25, 0.3) is 10.8 Å². The molecule has 2 unspecified atom stereocenters. The lowest BCUT2D eigenvalue weighted by molar-refractivity contribution is -0.142. The SMILES string of the molecule is CCC#CCNC(=O)C(Cc1ccc2ccccc2c1)NC(=O)C1CCCN1C(=O)C(CC)CC. The van der Waals surface area contributed by atoms with Gasteiger partial charge in [-0.2, -0.15) is 0 Å². The number of hydrogen-bond acceptors (Lipinski definition) is 3. The molecule has 2 atom stereocenters. The van der Waals surface area contributed by atoms with Crippen molar-refractivity contribution in [2.45, 2.75) is 71.4 Å². The third-order valence-electron chi connectivity index (χ3n) is 6.71. The second kappa shape index (κ2) is 12.9. The van der Waals surface area contributed by atoms with Gasteiger partial charge in [0, 0.05) is 25.3 Å². The molecule has 186 valence electrons. The molecule has 1 saturated heterocycles. The van der Waals surface area contributed by atoms with E-state index in [9.17, 15) is 14.4 Å². The molecule has 1 aliphatic rings. The Morgan fingerprint density at radius 1 is 1.03 bits per heavy atom. The number of benzene rings is 2. The second-order valence-corrected chi connectivity index (χ2v) is 9.07. The summed E-state index contributed by atoms with van der Waals surface area (Å²) in [7, 11) is 0. The van der Waals surface area contributed by atoms with Gasteiger partial charge in [0.05, 0.1) is 6.54 Å². The van der Waals surface area contributed by atoms with E-state index < -0.39 is 12.1 Å². The molecule has 0 aromatic heterocycles. The molecule has 0 spiro atoms. The van der Waals surface area contributed by atoms with E-state index in [-0.39, 0.29) is 30.2 Å². The van der Waals surface area contributed by atoms with Crippen LogP contribution in [0.5, 0.6) is 0 Å². The van der Waals surface area contributed by atoms with Gasteiger partial charge >= 0.3 is 0 Å². The summed E-state index contributed by atoms with van der Waals surface area (Å²) in [5.41, 5.74) is 0.958. The third kappa shape index (κ3) is 6.85. The van der Waals surface area contributed by atoms with Crippen LogP contribution >= 0.6 is 0 Å². The Bertz CT molecular complexity index is 1100. The fourth-order valence-electron chi connectivity index (χ4n) is 4.70. The maximum absolute atomic E-state index is 13.3. The number of amides is 3. The van der Waals surface area contributed by atoms with Gasteiger partial charge in [-0.3, -0.25) is 14.4 Å². The lowest BCUT2D eigenvalue weighted by Gasteiger charge is -2.29. The smallest absolute Gasteiger partial charge is 0.243 e. The van der Waals surface area contributed by atoms with Crippen molar-refractivity contribution in [2.24, 2.45) is 5.92 Å². The van der Waals surface area contributed by atoms with Crippen molar-refractivity contribution in [3.8, 4) is 11.8 Å². The molecule has 6 nitrogen and oxygen atoms in total. The highest BCUT2D eigenvalue weighted by Crippen LogP contribution is 2.23. The van der Waals surface area contributed by atoms with Crippen LogP contribution in [-0.4, -0.2) is 47.8 Å². The van der Waals surface area contributed by atoms with Gasteiger partial charge in [0.25, 0.3) is 0 Å². The van der Waals surface area contributed by atoms with Crippen molar-refractivity contribution < 1.29 is 14.4 Å². The fraction of sp³-hybridized carbons (Fsp3) is 0.483. The van der Waals surface area contributed by atoms with Gasteiger partial charge in [-0.25, -0.2) is 0 Å². The van der Waals surface area contributed by atoms with Gasteiger partial charge in [-0.05, 0) is 42.0 Å². The molecule has 1 aliphatic heterocycles. The van der Waals surface area contributed by atoms with Crippen LogP contribution in [0.2, 0.25) is 0 Å². The van der Waals surface area contributed by atoms with E-state index in [0.717, 1.165) is 42.0 Å². The standard InChI is InChI=1S/C29H37N3O3/c1-4-7-10-17-30-27(33)25(20-21-15-16-23-12-8-9-13-24(23)19-21)31-28(34)26-14-11-18-32(26)29(35)22(5-2)6-3/h8-9,12-13,15-16,19,22,25-26H,4-6,11,14,17-18,20H2,1-3H3,(H,30,33)(H,31,34). The van der Waals surface area contributed by atoms with Gasteiger partial charge < -0.3 is 15.5 Å². The van der Waals surface area contributed by atoms with E-state index in [0.29, 0.717) is 19.4 Å². The molecule has 3 rings (SSSR count). The van der Waals surface area contributed by atoms with Crippen molar-refractivity contribution in [3.05, 3.63) is 48.0 Å². The average molecular weight is 476 g/mol. The first-order chi connectivity index (χ1) is 17.0. The van der Waals surface area contributed by atoms with Gasteiger partial charge in [0.15, 0.2) is 0 Å². The quantitative estimate of drug-likeness (QED) is 0.541. The van der Waals surface area contributed by atoms with Gasteiger partial charge in [0.2, 0.25) is 17.7 Å². The molecule has 0 saturated carbocycles. The number of hydrogen-bond donors (Lipinski definition) is 2. The number of nitrogens with zero attached hydrogens (tertiary/aromatic N) is 1. The summed E-state index contributed by atoms with van der Waals surface area (Å²) in [6, 6.07) is 12.8. The molecule has 1 fully saturated rings. The Morgan fingerprint density at radius 3 is 2.49 bits per heavy atom. The zero-order valence-corrected chi connectivity index (χ0v) is 21.1. The van der Waals surface area contributed by atoms with Crippen LogP contribution in [0.15, 0.2) is 42.5 Å². The second-order valence-electron chi connectivity index (χ2n) is 9.07. The lowest BCUT2D eigenvalue weighted by Crippen LogP contribution is -2.54. The van der Waals surface area contributed by atoms with Crippen molar-refractivity contribution >= 4 is 28.5 Å². The third-order valence-corrected chi connectivity index (χ3v) is 6.71. The van der Waals surface area contributed by atoms with E-state index in [4.69, 9.17) is 0 Å². The number of rotatable bonds is 9. The summed E-state index contributed by atoms with van der Waals surface area (Å²) in [6.45, 7) is 6.78. The van der Waals surface area contributed by atoms with Crippen LogP contribution in [0.1, 0.15) is 58.4 Å². The predicted molar refractivity (Wildman–Crippen MR) is 139 cm³/mol. The van der Waals surface area contributed by atoms with E-state index in [1.54, 1.807) is 4.90 Å². The van der Waals surface area contributed by atoms with Crippen LogP contribution < -0.4 is 10.6 Å². The Labute approximate surface area is 208 Å². The van der Waals surface area contributed by atoms with Gasteiger partial charge in [0.1, 0.15) is 12.1 Å². The molecule has 0 radical (unpaired) electrons. The highest BCUT2D eigenvalue weighted by Gasteiger charge is 2.37. The first-order valence-corrected chi connectivity index (χ1v) is 12.8. The molecule has 35 heavy (non-hydrogen) atoms. The topological polar surface area (TPSA) is 78.5 Å². The summed E-state index contributed by atoms with van der Waals surface area (Å²) in [6.07, 6.45) is 3.99. The van der Waals surface area contributed by atoms with Gasteiger partial charge in [-0.1, -0.05) is 69.2 Å². The van der Waals surface area contributed by atoms with Crippen molar-refractivity contribution in [1.29, 1.82) is 0 Å². The number of likely N-dealkylation sites (tertiary alicyclic amines) is 1. The van der Waals surface area contributed by atoms with Crippen molar-refractivity contribution in [1.82, 2.24) is 15.5 Å². The number of carbonyl (C=O) groups excluding carboxylic acids is 3. The van der Waals surface area contributed by atoms with Crippen LogP contribution in [0.4, 0.5) is 0 Å². The largest absolute Gasteiger partial charge is 0.343 e. The number of nitrogens with one attached hydrogen (secondary N) is 2. The Balaban J connectivity index is 1.77. The minimum absolute atomic E-state index is 0.0398. The molecular formula is C29H37N3O3. The summed E-state index contributed by atoms with van der Waals surface area (Å²) >= 11 is 0.